The van der Waals surface area contributed by atoms with Gasteiger partial charge < -0.3 is 5.32 Å². The standard InChI is InChI=1S/C19H20N2OS/c1-4-14-6-5-7-16-18(14)21-19(23-16)20-17(22)11-15-10-12(2)8-9-13(15)3/h5-10H,4,11H2,1-3H3,(H,20,21,22). The molecule has 0 aliphatic rings. The van der Waals surface area contributed by atoms with E-state index in [-0.39, 0.29) is 5.91 Å². The fraction of sp³-hybridized carbons (Fsp3) is 0.263. The molecule has 0 unspecified atom stereocenters. The van der Waals surface area contributed by atoms with Gasteiger partial charge >= 0.3 is 0 Å². The fourth-order valence-corrected chi connectivity index (χ4v) is 3.60. The Morgan fingerprint density at radius 3 is 2.78 bits per heavy atom. The first-order valence-corrected chi connectivity index (χ1v) is 8.63. The minimum atomic E-state index is -0.0178. The highest BCUT2D eigenvalue weighted by atomic mass is 32.1. The quantitative estimate of drug-likeness (QED) is 0.758. The largest absolute Gasteiger partial charge is 0.302 e. The normalized spacial score (nSPS) is 10.9. The number of nitrogens with zero attached hydrogens (tertiary/aromatic N) is 1. The van der Waals surface area contributed by atoms with Gasteiger partial charge in [0.1, 0.15) is 0 Å². The van der Waals surface area contributed by atoms with Gasteiger partial charge in [-0.05, 0) is 43.0 Å². The molecule has 0 saturated carbocycles. The van der Waals surface area contributed by atoms with Crippen molar-refractivity contribution >= 4 is 32.6 Å². The lowest BCUT2D eigenvalue weighted by Gasteiger charge is -2.06. The third kappa shape index (κ3) is 3.42. The van der Waals surface area contributed by atoms with Gasteiger partial charge in [-0.15, -0.1) is 0 Å². The van der Waals surface area contributed by atoms with Crippen LogP contribution in [0.5, 0.6) is 0 Å². The van der Waals surface area contributed by atoms with Crippen molar-refractivity contribution in [1.29, 1.82) is 0 Å². The number of carbonyl (C=O) groups is 1. The minimum Gasteiger partial charge on any atom is -0.302 e. The van der Waals surface area contributed by atoms with Gasteiger partial charge in [-0.3, -0.25) is 4.79 Å². The highest BCUT2D eigenvalue weighted by Gasteiger charge is 2.11. The van der Waals surface area contributed by atoms with Gasteiger partial charge in [-0.1, -0.05) is 54.2 Å². The molecule has 3 aromatic rings. The maximum absolute atomic E-state index is 12.3. The fourth-order valence-electron chi connectivity index (χ4n) is 2.67. The second-order valence-corrected chi connectivity index (χ2v) is 6.82. The van der Waals surface area contributed by atoms with Crippen molar-refractivity contribution in [2.24, 2.45) is 0 Å². The lowest BCUT2D eigenvalue weighted by molar-refractivity contribution is -0.115. The highest BCUT2D eigenvalue weighted by molar-refractivity contribution is 7.22. The molecule has 0 fully saturated rings. The highest BCUT2D eigenvalue weighted by Crippen LogP contribution is 2.28. The van der Waals surface area contributed by atoms with Gasteiger partial charge in [0.2, 0.25) is 5.91 Å². The Morgan fingerprint density at radius 1 is 1.17 bits per heavy atom. The first-order valence-electron chi connectivity index (χ1n) is 7.81. The summed E-state index contributed by atoms with van der Waals surface area (Å²) in [7, 11) is 0. The predicted octanol–water partition coefficient (Wildman–Crippen LogP) is 4.66. The molecule has 0 aliphatic carbocycles. The van der Waals surface area contributed by atoms with E-state index in [9.17, 15) is 4.79 Å². The van der Waals surface area contributed by atoms with Gasteiger partial charge in [0.15, 0.2) is 5.13 Å². The number of nitrogens with one attached hydrogen (secondary N) is 1. The third-order valence-electron chi connectivity index (χ3n) is 3.99. The molecule has 0 atom stereocenters. The summed E-state index contributed by atoms with van der Waals surface area (Å²) in [6, 6.07) is 12.4. The summed E-state index contributed by atoms with van der Waals surface area (Å²) in [6.45, 7) is 6.20. The zero-order valence-corrected chi connectivity index (χ0v) is 14.5. The number of benzene rings is 2. The van der Waals surface area contributed by atoms with E-state index in [0.717, 1.165) is 27.8 Å². The molecule has 1 amide bonds. The van der Waals surface area contributed by atoms with Crippen LogP contribution < -0.4 is 5.32 Å². The molecule has 3 rings (SSSR count). The number of rotatable bonds is 4. The van der Waals surface area contributed by atoms with Crippen molar-refractivity contribution in [3.8, 4) is 0 Å². The van der Waals surface area contributed by atoms with E-state index in [1.807, 2.05) is 26.0 Å². The van der Waals surface area contributed by atoms with Crippen LogP contribution in [-0.2, 0) is 17.6 Å². The molecule has 0 bridgehead atoms. The molecule has 0 aliphatic heterocycles. The maximum atomic E-state index is 12.3. The Labute approximate surface area is 140 Å². The van der Waals surface area contributed by atoms with Gasteiger partial charge in [0.25, 0.3) is 0 Å². The summed E-state index contributed by atoms with van der Waals surface area (Å²) in [4.78, 5) is 16.9. The summed E-state index contributed by atoms with van der Waals surface area (Å²) in [6.07, 6.45) is 1.32. The van der Waals surface area contributed by atoms with Crippen LogP contribution in [0.4, 0.5) is 5.13 Å². The molecular weight excluding hydrogens is 304 g/mol. The number of anilines is 1. The summed E-state index contributed by atoms with van der Waals surface area (Å²) in [5, 5.41) is 3.62. The van der Waals surface area contributed by atoms with Crippen LogP contribution in [0.1, 0.15) is 29.2 Å². The molecule has 0 spiro atoms. The molecule has 4 heteroatoms. The van der Waals surface area contributed by atoms with E-state index >= 15 is 0 Å². The van der Waals surface area contributed by atoms with Crippen molar-refractivity contribution in [1.82, 2.24) is 4.98 Å². The van der Waals surface area contributed by atoms with Gasteiger partial charge in [-0.2, -0.15) is 0 Å². The maximum Gasteiger partial charge on any atom is 0.230 e. The van der Waals surface area contributed by atoms with Crippen molar-refractivity contribution in [2.75, 3.05) is 5.32 Å². The SMILES string of the molecule is CCc1cccc2sc(NC(=O)Cc3cc(C)ccc3C)nc12. The lowest BCUT2D eigenvalue weighted by atomic mass is 10.0. The number of hydrogen-bond donors (Lipinski definition) is 1. The van der Waals surface area contributed by atoms with Gasteiger partial charge in [0, 0.05) is 0 Å². The van der Waals surface area contributed by atoms with Crippen LogP contribution in [0.15, 0.2) is 36.4 Å². The summed E-state index contributed by atoms with van der Waals surface area (Å²) < 4.78 is 1.12. The second kappa shape index (κ2) is 6.50. The molecule has 1 heterocycles. The van der Waals surface area contributed by atoms with E-state index in [0.29, 0.717) is 11.6 Å². The number of hydrogen-bond acceptors (Lipinski definition) is 3. The number of amides is 1. The topological polar surface area (TPSA) is 42.0 Å². The molecule has 0 radical (unpaired) electrons. The van der Waals surface area contributed by atoms with E-state index < -0.39 is 0 Å². The van der Waals surface area contributed by atoms with Crippen molar-refractivity contribution in [3.63, 3.8) is 0 Å². The van der Waals surface area contributed by atoms with E-state index in [1.165, 1.54) is 22.5 Å². The van der Waals surface area contributed by atoms with E-state index in [4.69, 9.17) is 0 Å². The molecule has 2 aromatic carbocycles. The average Bonchev–Trinajstić information content (AvgIpc) is 2.92. The third-order valence-corrected chi connectivity index (χ3v) is 4.92. The zero-order chi connectivity index (χ0) is 16.4. The van der Waals surface area contributed by atoms with Crippen molar-refractivity contribution in [2.45, 2.75) is 33.6 Å². The first kappa shape index (κ1) is 15.7. The summed E-state index contributed by atoms with van der Waals surface area (Å²) >= 11 is 1.53. The van der Waals surface area contributed by atoms with Crippen molar-refractivity contribution < 1.29 is 4.79 Å². The Bertz CT molecular complexity index is 867. The molecule has 3 nitrogen and oxygen atoms in total. The number of fused-ring (bicyclic) bond motifs is 1. The predicted molar refractivity (Wildman–Crippen MR) is 97.2 cm³/mol. The van der Waals surface area contributed by atoms with Crippen LogP contribution >= 0.6 is 11.3 Å². The molecule has 0 saturated heterocycles. The Hall–Kier alpha value is -2.20. The van der Waals surface area contributed by atoms with Gasteiger partial charge in [0.05, 0.1) is 16.6 Å². The van der Waals surface area contributed by atoms with Gasteiger partial charge in [-0.25, -0.2) is 4.98 Å². The van der Waals surface area contributed by atoms with Crippen LogP contribution in [0.25, 0.3) is 10.2 Å². The zero-order valence-electron chi connectivity index (χ0n) is 13.6. The number of thiazole rings is 1. The second-order valence-electron chi connectivity index (χ2n) is 5.79. The molecule has 1 aromatic heterocycles. The monoisotopic (exact) mass is 324 g/mol. The smallest absolute Gasteiger partial charge is 0.230 e. The Balaban J connectivity index is 1.79. The lowest BCUT2D eigenvalue weighted by Crippen LogP contribution is -2.15. The van der Waals surface area contributed by atoms with Crippen LogP contribution in [0.2, 0.25) is 0 Å². The molecule has 1 N–H and O–H groups in total. The minimum absolute atomic E-state index is 0.0178. The van der Waals surface area contributed by atoms with Crippen molar-refractivity contribution in [3.05, 3.63) is 58.7 Å². The summed E-state index contributed by atoms with van der Waals surface area (Å²) in [5.74, 6) is -0.0178. The molecule has 118 valence electrons. The number of aryl methyl sites for hydroxylation is 3. The molecular formula is C19H20N2OS. The number of aromatic nitrogens is 1. The van der Waals surface area contributed by atoms with Crippen LogP contribution in [-0.4, -0.2) is 10.9 Å². The number of carbonyl (C=O) groups excluding carboxylic acids is 1. The Morgan fingerprint density at radius 2 is 2.00 bits per heavy atom. The Kier molecular flexibility index (Phi) is 4.44. The van der Waals surface area contributed by atoms with Crippen LogP contribution in [0.3, 0.4) is 0 Å². The molecule has 23 heavy (non-hydrogen) atoms. The average molecular weight is 324 g/mol. The summed E-state index contributed by atoms with van der Waals surface area (Å²) in [5.41, 5.74) is 5.60. The van der Waals surface area contributed by atoms with E-state index in [1.54, 1.807) is 0 Å². The first-order chi connectivity index (χ1) is 11.1. The van der Waals surface area contributed by atoms with E-state index in [2.05, 4.69) is 41.5 Å². The van der Waals surface area contributed by atoms with Crippen LogP contribution in [0, 0.1) is 13.8 Å². The number of para-hydroxylation sites is 1.